The number of thiophene rings is 1. The Bertz CT molecular complexity index is 708. The lowest BCUT2D eigenvalue weighted by Gasteiger charge is -2.24. The Morgan fingerprint density at radius 2 is 2.43 bits per heavy atom. The number of aryl methyl sites for hydroxylation is 1. The average molecular weight is 331 g/mol. The SMILES string of the molecule is CCn1nc(C2CCCN2C(=O)c2cccs2)c2c1CCOC2. The van der Waals surface area contributed by atoms with Gasteiger partial charge in [0.1, 0.15) is 0 Å². The standard InChI is InChI=1S/C17H21N3O2S/c1-2-20-13-7-9-22-11-12(13)16(18-20)14-5-3-8-19(14)17(21)15-6-4-10-23-15/h4,6,10,14H,2-3,5,7-9,11H2,1H3. The second kappa shape index (κ2) is 6.09. The van der Waals surface area contributed by atoms with Gasteiger partial charge in [-0.3, -0.25) is 9.48 Å². The first kappa shape index (κ1) is 14.9. The number of hydrogen-bond acceptors (Lipinski definition) is 4. The van der Waals surface area contributed by atoms with Gasteiger partial charge in [-0.05, 0) is 31.2 Å². The molecule has 2 aromatic rings. The number of nitrogens with zero attached hydrogens (tertiary/aromatic N) is 3. The topological polar surface area (TPSA) is 47.4 Å². The molecule has 0 spiro atoms. The third-order valence-electron chi connectivity index (χ3n) is 4.79. The third-order valence-corrected chi connectivity index (χ3v) is 5.65. The number of fused-ring (bicyclic) bond motifs is 1. The first-order valence-electron chi connectivity index (χ1n) is 8.30. The highest BCUT2D eigenvalue weighted by molar-refractivity contribution is 7.12. The van der Waals surface area contributed by atoms with Crippen LogP contribution >= 0.6 is 11.3 Å². The van der Waals surface area contributed by atoms with Crippen LogP contribution in [0.15, 0.2) is 17.5 Å². The lowest BCUT2D eigenvalue weighted by atomic mass is 10.0. The van der Waals surface area contributed by atoms with Crippen LogP contribution in [0, 0.1) is 0 Å². The quantitative estimate of drug-likeness (QED) is 0.868. The van der Waals surface area contributed by atoms with Crippen molar-refractivity contribution in [2.45, 2.75) is 45.4 Å². The molecule has 2 aliphatic rings. The van der Waals surface area contributed by atoms with Gasteiger partial charge >= 0.3 is 0 Å². The first-order chi connectivity index (χ1) is 11.3. The molecular weight excluding hydrogens is 310 g/mol. The minimum atomic E-state index is 0.0906. The number of amides is 1. The van der Waals surface area contributed by atoms with E-state index in [-0.39, 0.29) is 11.9 Å². The van der Waals surface area contributed by atoms with Crippen LogP contribution in [-0.2, 0) is 24.3 Å². The number of rotatable bonds is 3. The lowest BCUT2D eigenvalue weighted by Crippen LogP contribution is -2.30. The summed E-state index contributed by atoms with van der Waals surface area (Å²) < 4.78 is 7.76. The molecule has 5 nitrogen and oxygen atoms in total. The number of hydrogen-bond donors (Lipinski definition) is 0. The van der Waals surface area contributed by atoms with Crippen molar-refractivity contribution in [3.05, 3.63) is 39.3 Å². The molecule has 0 bridgehead atoms. The van der Waals surface area contributed by atoms with Crippen molar-refractivity contribution < 1.29 is 9.53 Å². The minimum Gasteiger partial charge on any atom is -0.376 e. The molecule has 1 saturated heterocycles. The maximum atomic E-state index is 12.8. The van der Waals surface area contributed by atoms with E-state index in [9.17, 15) is 4.79 Å². The molecule has 4 heterocycles. The Kier molecular flexibility index (Phi) is 3.95. The van der Waals surface area contributed by atoms with Gasteiger partial charge in [0.05, 0.1) is 29.8 Å². The molecule has 0 N–H and O–H groups in total. The van der Waals surface area contributed by atoms with Crippen molar-refractivity contribution in [2.24, 2.45) is 0 Å². The molecule has 1 atom stereocenters. The number of carbonyl (C=O) groups excluding carboxylic acids is 1. The smallest absolute Gasteiger partial charge is 0.264 e. The Labute approximate surface area is 139 Å². The summed E-state index contributed by atoms with van der Waals surface area (Å²) in [5, 5.41) is 6.81. The summed E-state index contributed by atoms with van der Waals surface area (Å²) in [7, 11) is 0. The Hall–Kier alpha value is -1.66. The zero-order valence-corrected chi connectivity index (χ0v) is 14.1. The monoisotopic (exact) mass is 331 g/mol. The molecule has 6 heteroatoms. The predicted molar refractivity (Wildman–Crippen MR) is 88.6 cm³/mol. The highest BCUT2D eigenvalue weighted by Gasteiger charge is 2.36. The molecule has 1 amide bonds. The first-order valence-corrected chi connectivity index (χ1v) is 9.18. The van der Waals surface area contributed by atoms with E-state index in [4.69, 9.17) is 9.84 Å². The van der Waals surface area contributed by atoms with Crippen molar-refractivity contribution in [1.82, 2.24) is 14.7 Å². The summed E-state index contributed by atoms with van der Waals surface area (Å²) in [4.78, 5) is 15.6. The van der Waals surface area contributed by atoms with Crippen LogP contribution in [0.2, 0.25) is 0 Å². The van der Waals surface area contributed by atoms with E-state index in [2.05, 4.69) is 11.6 Å². The number of ether oxygens (including phenoxy) is 1. The highest BCUT2D eigenvalue weighted by atomic mass is 32.1. The van der Waals surface area contributed by atoms with Crippen LogP contribution in [0.1, 0.15) is 52.4 Å². The summed E-state index contributed by atoms with van der Waals surface area (Å²) in [5.74, 6) is 0.138. The zero-order valence-electron chi connectivity index (χ0n) is 13.3. The number of aromatic nitrogens is 2. The molecule has 0 aromatic carbocycles. The van der Waals surface area contributed by atoms with Crippen LogP contribution in [0.4, 0.5) is 0 Å². The molecule has 1 unspecified atom stereocenters. The lowest BCUT2D eigenvalue weighted by molar-refractivity contribution is 0.0731. The molecule has 1 fully saturated rings. The van der Waals surface area contributed by atoms with Crippen LogP contribution in [0.25, 0.3) is 0 Å². The Morgan fingerprint density at radius 3 is 3.22 bits per heavy atom. The molecule has 0 radical (unpaired) electrons. The van der Waals surface area contributed by atoms with Gasteiger partial charge in [-0.25, -0.2) is 0 Å². The Morgan fingerprint density at radius 1 is 1.52 bits per heavy atom. The van der Waals surface area contributed by atoms with Gasteiger partial charge in [-0.2, -0.15) is 5.10 Å². The molecular formula is C17H21N3O2S. The van der Waals surface area contributed by atoms with Gasteiger partial charge < -0.3 is 9.64 Å². The largest absolute Gasteiger partial charge is 0.376 e. The molecule has 4 rings (SSSR count). The molecule has 2 aromatic heterocycles. The van der Waals surface area contributed by atoms with E-state index in [1.54, 1.807) is 0 Å². The van der Waals surface area contributed by atoms with Crippen LogP contribution in [0.5, 0.6) is 0 Å². The van der Waals surface area contributed by atoms with Crippen molar-refractivity contribution in [1.29, 1.82) is 0 Å². The molecule has 0 aliphatic carbocycles. The van der Waals surface area contributed by atoms with Gasteiger partial charge in [0.15, 0.2) is 0 Å². The van der Waals surface area contributed by atoms with Crippen LogP contribution < -0.4 is 0 Å². The zero-order chi connectivity index (χ0) is 15.8. The van der Waals surface area contributed by atoms with E-state index >= 15 is 0 Å². The van der Waals surface area contributed by atoms with Gasteiger partial charge in [-0.15, -0.1) is 11.3 Å². The van der Waals surface area contributed by atoms with E-state index in [0.29, 0.717) is 6.61 Å². The normalized spacial score (nSPS) is 20.7. The summed E-state index contributed by atoms with van der Waals surface area (Å²) in [6, 6.07) is 3.93. The molecule has 122 valence electrons. The van der Waals surface area contributed by atoms with Crippen molar-refractivity contribution >= 4 is 17.2 Å². The second-order valence-corrected chi connectivity index (χ2v) is 7.01. The fourth-order valence-electron chi connectivity index (χ4n) is 3.70. The fraction of sp³-hybridized carbons (Fsp3) is 0.529. The highest BCUT2D eigenvalue weighted by Crippen LogP contribution is 2.37. The molecule has 23 heavy (non-hydrogen) atoms. The summed E-state index contributed by atoms with van der Waals surface area (Å²) in [5.41, 5.74) is 3.57. The van der Waals surface area contributed by atoms with Gasteiger partial charge in [0.2, 0.25) is 0 Å². The number of likely N-dealkylation sites (tertiary alicyclic amines) is 1. The summed E-state index contributed by atoms with van der Waals surface area (Å²) in [6.45, 7) is 5.20. The third kappa shape index (κ3) is 2.50. The second-order valence-electron chi connectivity index (χ2n) is 6.06. The Balaban J connectivity index is 1.69. The van der Waals surface area contributed by atoms with E-state index in [1.807, 2.05) is 22.4 Å². The predicted octanol–water partition coefficient (Wildman–Crippen LogP) is 3.01. The van der Waals surface area contributed by atoms with Crippen molar-refractivity contribution in [3.63, 3.8) is 0 Å². The average Bonchev–Trinajstić information content (AvgIpc) is 3.32. The van der Waals surface area contributed by atoms with E-state index in [0.717, 1.165) is 49.5 Å². The number of carbonyl (C=O) groups is 1. The maximum absolute atomic E-state index is 12.8. The van der Waals surface area contributed by atoms with Gasteiger partial charge in [0.25, 0.3) is 5.91 Å². The van der Waals surface area contributed by atoms with Gasteiger partial charge in [-0.1, -0.05) is 6.07 Å². The maximum Gasteiger partial charge on any atom is 0.264 e. The van der Waals surface area contributed by atoms with E-state index in [1.165, 1.54) is 22.6 Å². The van der Waals surface area contributed by atoms with E-state index < -0.39 is 0 Å². The molecule has 0 saturated carbocycles. The minimum absolute atomic E-state index is 0.0906. The molecule has 2 aliphatic heterocycles. The summed E-state index contributed by atoms with van der Waals surface area (Å²) >= 11 is 1.51. The fourth-order valence-corrected chi connectivity index (χ4v) is 4.38. The summed E-state index contributed by atoms with van der Waals surface area (Å²) in [6.07, 6.45) is 2.95. The van der Waals surface area contributed by atoms with Crippen molar-refractivity contribution in [2.75, 3.05) is 13.2 Å². The van der Waals surface area contributed by atoms with Crippen LogP contribution in [0.3, 0.4) is 0 Å². The van der Waals surface area contributed by atoms with Gasteiger partial charge in [0, 0.05) is 30.8 Å². The van der Waals surface area contributed by atoms with Crippen molar-refractivity contribution in [3.8, 4) is 0 Å². The van der Waals surface area contributed by atoms with Crippen LogP contribution in [-0.4, -0.2) is 33.7 Å².